The molecule has 0 aliphatic rings. The van der Waals surface area contributed by atoms with Crippen LogP contribution in [0.3, 0.4) is 0 Å². The van der Waals surface area contributed by atoms with E-state index >= 15 is 0 Å². The summed E-state index contributed by atoms with van der Waals surface area (Å²) in [7, 11) is 0. The Bertz CT molecular complexity index is 1150. The number of hydrogen-bond donors (Lipinski definition) is 1. The summed E-state index contributed by atoms with van der Waals surface area (Å²) in [4.78, 5) is 16.6. The van der Waals surface area contributed by atoms with Crippen LogP contribution in [0.2, 0.25) is 0 Å². The fourth-order valence-corrected chi connectivity index (χ4v) is 3.46. The summed E-state index contributed by atoms with van der Waals surface area (Å²) < 4.78 is 13.2. The van der Waals surface area contributed by atoms with Gasteiger partial charge in [0.1, 0.15) is 5.82 Å². The van der Waals surface area contributed by atoms with Gasteiger partial charge >= 0.3 is 0 Å². The Labute approximate surface area is 159 Å². The Morgan fingerprint density at radius 3 is 2.70 bits per heavy atom. The second kappa shape index (κ2) is 7.51. The molecule has 0 saturated heterocycles. The number of aromatic nitrogens is 1. The summed E-state index contributed by atoms with van der Waals surface area (Å²) in [5, 5.41) is 7.49. The van der Waals surface area contributed by atoms with Crippen LogP contribution in [0.15, 0.2) is 78.2 Å². The maximum Gasteiger partial charge on any atom is 0.250 e. The van der Waals surface area contributed by atoms with E-state index in [9.17, 15) is 9.18 Å². The molecule has 1 amide bonds. The van der Waals surface area contributed by atoms with E-state index in [4.69, 9.17) is 0 Å². The Morgan fingerprint density at radius 2 is 1.85 bits per heavy atom. The van der Waals surface area contributed by atoms with Crippen molar-refractivity contribution in [2.75, 3.05) is 5.32 Å². The monoisotopic (exact) mass is 374 g/mol. The molecule has 1 heterocycles. The van der Waals surface area contributed by atoms with Gasteiger partial charge < -0.3 is 0 Å². The molecule has 0 aliphatic carbocycles. The van der Waals surface area contributed by atoms with E-state index < -0.39 is 0 Å². The fraction of sp³-hybridized carbons (Fsp3) is 0. The number of hydrogen-bond acceptors (Lipinski definition) is 3. The van der Waals surface area contributed by atoms with Crippen LogP contribution in [0.25, 0.3) is 28.1 Å². The van der Waals surface area contributed by atoms with Crippen LogP contribution in [0.1, 0.15) is 5.56 Å². The van der Waals surface area contributed by atoms with Crippen molar-refractivity contribution in [3.8, 4) is 11.3 Å². The van der Waals surface area contributed by atoms with E-state index in [1.807, 2.05) is 23.6 Å². The highest BCUT2D eigenvalue weighted by molar-refractivity contribution is 7.14. The molecule has 3 nitrogen and oxygen atoms in total. The lowest BCUT2D eigenvalue weighted by Gasteiger charge is -2.01. The SMILES string of the molecule is O=C(/C=C/c1cccc(F)c1)Nc1nc(-c2ccc3ccccc3c2)cs1. The van der Waals surface area contributed by atoms with E-state index in [1.165, 1.54) is 34.9 Å². The van der Waals surface area contributed by atoms with Crippen LogP contribution in [-0.2, 0) is 4.79 Å². The Balaban J connectivity index is 1.47. The molecule has 0 atom stereocenters. The van der Waals surface area contributed by atoms with Crippen LogP contribution in [0.4, 0.5) is 9.52 Å². The lowest BCUT2D eigenvalue weighted by Crippen LogP contribution is -2.07. The Hall–Kier alpha value is -3.31. The van der Waals surface area contributed by atoms with Gasteiger partial charge in [-0.25, -0.2) is 9.37 Å². The van der Waals surface area contributed by atoms with Crippen molar-refractivity contribution < 1.29 is 9.18 Å². The van der Waals surface area contributed by atoms with E-state index in [2.05, 4.69) is 34.6 Å². The zero-order chi connectivity index (χ0) is 18.6. The smallest absolute Gasteiger partial charge is 0.250 e. The van der Waals surface area contributed by atoms with Gasteiger partial charge in [-0.05, 0) is 40.6 Å². The van der Waals surface area contributed by atoms with Gasteiger partial charge in [-0.15, -0.1) is 11.3 Å². The van der Waals surface area contributed by atoms with Crippen molar-refractivity contribution >= 4 is 39.2 Å². The summed E-state index contributed by atoms with van der Waals surface area (Å²) in [5.74, 6) is -0.642. The first-order valence-corrected chi connectivity index (χ1v) is 9.25. The highest BCUT2D eigenvalue weighted by atomic mass is 32.1. The molecule has 4 rings (SSSR count). The number of nitrogens with zero attached hydrogens (tertiary/aromatic N) is 1. The molecule has 0 aliphatic heterocycles. The average molecular weight is 374 g/mol. The van der Waals surface area contributed by atoms with Crippen molar-refractivity contribution in [2.24, 2.45) is 0 Å². The predicted octanol–water partition coefficient (Wildman–Crippen LogP) is 5.75. The molecule has 0 radical (unpaired) electrons. The van der Waals surface area contributed by atoms with Crippen LogP contribution in [0, 0.1) is 5.82 Å². The number of carbonyl (C=O) groups excluding carboxylic acids is 1. The minimum absolute atomic E-state index is 0.307. The summed E-state index contributed by atoms with van der Waals surface area (Å²) in [5.41, 5.74) is 2.44. The second-order valence-corrected chi connectivity index (χ2v) is 6.84. The number of nitrogens with one attached hydrogen (secondary N) is 1. The molecule has 0 saturated carbocycles. The molecule has 27 heavy (non-hydrogen) atoms. The maximum absolute atomic E-state index is 13.2. The highest BCUT2D eigenvalue weighted by Crippen LogP contribution is 2.27. The molecule has 0 unspecified atom stereocenters. The molecule has 1 aromatic heterocycles. The summed E-state index contributed by atoms with van der Waals surface area (Å²) in [6, 6.07) is 20.4. The molecule has 0 spiro atoms. The molecule has 0 fully saturated rings. The first-order chi connectivity index (χ1) is 13.2. The number of rotatable bonds is 4. The fourth-order valence-electron chi connectivity index (χ4n) is 2.74. The van der Waals surface area contributed by atoms with Crippen molar-refractivity contribution in [3.05, 3.63) is 89.6 Å². The average Bonchev–Trinajstić information content (AvgIpc) is 3.14. The largest absolute Gasteiger partial charge is 0.298 e. The van der Waals surface area contributed by atoms with Crippen LogP contribution in [0.5, 0.6) is 0 Å². The third-order valence-electron chi connectivity index (χ3n) is 4.06. The van der Waals surface area contributed by atoms with Crippen molar-refractivity contribution in [2.45, 2.75) is 0 Å². The maximum atomic E-state index is 13.2. The Morgan fingerprint density at radius 1 is 1.00 bits per heavy atom. The summed E-state index contributed by atoms with van der Waals surface area (Å²) in [6.07, 6.45) is 2.93. The van der Waals surface area contributed by atoms with E-state index in [0.29, 0.717) is 10.7 Å². The first kappa shape index (κ1) is 17.1. The first-order valence-electron chi connectivity index (χ1n) is 8.37. The third kappa shape index (κ3) is 4.10. The van der Waals surface area contributed by atoms with Crippen molar-refractivity contribution in [1.29, 1.82) is 0 Å². The van der Waals surface area contributed by atoms with Gasteiger partial charge in [0.15, 0.2) is 5.13 Å². The topological polar surface area (TPSA) is 42.0 Å². The standard InChI is InChI=1S/C22H15FN2OS/c23-19-7-3-4-15(12-19)8-11-21(26)25-22-24-20(14-27-22)18-10-9-16-5-1-2-6-17(16)13-18/h1-14H,(H,24,25,26)/b11-8+. The molecule has 3 aromatic carbocycles. The van der Waals surface area contributed by atoms with Gasteiger partial charge in [-0.3, -0.25) is 10.1 Å². The van der Waals surface area contributed by atoms with Gasteiger partial charge in [0.2, 0.25) is 5.91 Å². The predicted molar refractivity (Wildman–Crippen MR) is 109 cm³/mol. The van der Waals surface area contributed by atoms with Crippen LogP contribution in [-0.4, -0.2) is 10.9 Å². The molecule has 0 bridgehead atoms. The van der Waals surface area contributed by atoms with Crippen molar-refractivity contribution in [1.82, 2.24) is 4.98 Å². The molecule has 4 aromatic rings. The normalized spacial score (nSPS) is 11.1. The number of anilines is 1. The Kier molecular flexibility index (Phi) is 4.77. The zero-order valence-corrected chi connectivity index (χ0v) is 15.0. The molecular formula is C22H15FN2OS. The van der Waals surface area contributed by atoms with E-state index in [1.54, 1.807) is 18.2 Å². The molecular weight excluding hydrogens is 359 g/mol. The number of thiazole rings is 1. The van der Waals surface area contributed by atoms with Gasteiger partial charge in [-0.2, -0.15) is 0 Å². The summed E-state index contributed by atoms with van der Waals surface area (Å²) in [6.45, 7) is 0. The highest BCUT2D eigenvalue weighted by Gasteiger charge is 2.07. The van der Waals surface area contributed by atoms with Gasteiger partial charge in [0.25, 0.3) is 0 Å². The van der Waals surface area contributed by atoms with Crippen molar-refractivity contribution in [3.63, 3.8) is 0 Å². The number of amides is 1. The summed E-state index contributed by atoms with van der Waals surface area (Å²) >= 11 is 1.37. The third-order valence-corrected chi connectivity index (χ3v) is 4.81. The lowest BCUT2D eigenvalue weighted by molar-refractivity contribution is -0.111. The quantitative estimate of drug-likeness (QED) is 0.462. The van der Waals surface area contributed by atoms with E-state index in [0.717, 1.165) is 16.6 Å². The molecule has 132 valence electrons. The number of benzene rings is 3. The van der Waals surface area contributed by atoms with Gasteiger partial charge in [0.05, 0.1) is 5.69 Å². The minimum atomic E-state index is -0.336. The second-order valence-electron chi connectivity index (χ2n) is 5.98. The van der Waals surface area contributed by atoms with Gasteiger partial charge in [-0.1, -0.05) is 48.5 Å². The number of carbonyl (C=O) groups is 1. The minimum Gasteiger partial charge on any atom is -0.298 e. The zero-order valence-electron chi connectivity index (χ0n) is 14.2. The van der Waals surface area contributed by atoms with Crippen LogP contribution >= 0.6 is 11.3 Å². The van der Waals surface area contributed by atoms with E-state index in [-0.39, 0.29) is 11.7 Å². The number of fused-ring (bicyclic) bond motifs is 1. The lowest BCUT2D eigenvalue weighted by atomic mass is 10.1. The number of halogens is 1. The van der Waals surface area contributed by atoms with Crippen LogP contribution < -0.4 is 5.32 Å². The molecule has 5 heteroatoms. The molecule has 1 N–H and O–H groups in total. The van der Waals surface area contributed by atoms with Gasteiger partial charge in [0, 0.05) is 17.0 Å².